The van der Waals surface area contributed by atoms with Crippen LogP contribution in [0.4, 0.5) is 19.3 Å². The molecule has 1 aliphatic rings. The van der Waals surface area contributed by atoms with Crippen molar-refractivity contribution in [3.63, 3.8) is 0 Å². The molecule has 0 aliphatic heterocycles. The van der Waals surface area contributed by atoms with E-state index in [1.807, 2.05) is 0 Å². The van der Waals surface area contributed by atoms with Gasteiger partial charge in [0, 0.05) is 11.7 Å². The number of amides is 1. The molecule has 1 aliphatic carbocycles. The fraction of sp³-hybridized carbons (Fsp3) is 0.375. The van der Waals surface area contributed by atoms with Crippen molar-refractivity contribution in [3.8, 4) is 11.4 Å². The van der Waals surface area contributed by atoms with Gasteiger partial charge in [-0.05, 0) is 67.4 Å². The second-order valence-corrected chi connectivity index (χ2v) is 8.75. The first-order valence-corrected chi connectivity index (χ1v) is 11.6. The number of benzene rings is 2. The number of aromatic nitrogens is 4. The van der Waals surface area contributed by atoms with Gasteiger partial charge in [0.25, 0.3) is 0 Å². The van der Waals surface area contributed by atoms with Gasteiger partial charge in [0.15, 0.2) is 11.6 Å². The molecular weight excluding hydrogens is 476 g/mol. The van der Waals surface area contributed by atoms with Crippen LogP contribution in [-0.2, 0) is 0 Å². The minimum atomic E-state index is -1.25. The number of aromatic carboxylic acids is 1. The maximum atomic E-state index is 14.2. The molecule has 0 saturated heterocycles. The number of carboxylic acids is 1. The monoisotopic (exact) mass is 501 g/mol. The molecule has 3 aromatic rings. The fourth-order valence-electron chi connectivity index (χ4n) is 4.31. The van der Waals surface area contributed by atoms with Gasteiger partial charge in [-0.2, -0.15) is 4.68 Å². The van der Waals surface area contributed by atoms with E-state index in [2.05, 4.69) is 10.4 Å². The summed E-state index contributed by atoms with van der Waals surface area (Å²) in [5, 5.41) is 16.8. The lowest BCUT2D eigenvalue weighted by atomic mass is 9.94. The summed E-state index contributed by atoms with van der Waals surface area (Å²) in [7, 11) is 0. The van der Waals surface area contributed by atoms with E-state index in [1.165, 1.54) is 23.1 Å². The highest BCUT2D eigenvalue weighted by Gasteiger charge is 2.32. The quantitative estimate of drug-likeness (QED) is 0.507. The van der Waals surface area contributed by atoms with Crippen LogP contribution in [0, 0.1) is 11.6 Å². The summed E-state index contributed by atoms with van der Waals surface area (Å²) in [5.74, 6) is -3.21. The number of carbonyl (C=O) groups excluding carboxylic acids is 1. The van der Waals surface area contributed by atoms with Crippen molar-refractivity contribution in [3.05, 3.63) is 64.1 Å². The van der Waals surface area contributed by atoms with Gasteiger partial charge in [0.05, 0.1) is 6.10 Å². The zero-order valence-corrected chi connectivity index (χ0v) is 19.7. The Balaban J connectivity index is 1.80. The van der Waals surface area contributed by atoms with Crippen LogP contribution < -0.4 is 15.3 Å². The third kappa shape index (κ3) is 4.83. The molecule has 1 fully saturated rings. The molecule has 1 N–H and O–H groups in total. The zero-order chi connectivity index (χ0) is 26.0. The van der Waals surface area contributed by atoms with E-state index >= 15 is 0 Å². The van der Waals surface area contributed by atoms with Crippen LogP contribution in [0.2, 0.25) is 0 Å². The van der Waals surface area contributed by atoms with E-state index in [-0.39, 0.29) is 29.1 Å². The van der Waals surface area contributed by atoms with Crippen molar-refractivity contribution in [1.29, 1.82) is 0 Å². The van der Waals surface area contributed by atoms with Gasteiger partial charge in [-0.1, -0.05) is 25.3 Å². The molecule has 0 spiro atoms. The molecule has 190 valence electrons. The number of halogens is 2. The Morgan fingerprint density at radius 3 is 2.36 bits per heavy atom. The number of nitrogens with zero attached hydrogens (tertiary/aromatic N) is 5. The first-order valence-electron chi connectivity index (χ1n) is 11.6. The Morgan fingerprint density at radius 1 is 1.08 bits per heavy atom. The third-order valence-electron chi connectivity index (χ3n) is 5.89. The number of hydrogen-bond donors (Lipinski definition) is 1. The van der Waals surface area contributed by atoms with Gasteiger partial charge in [0.1, 0.15) is 17.0 Å². The summed E-state index contributed by atoms with van der Waals surface area (Å²) in [6.45, 7) is 3.51. The van der Waals surface area contributed by atoms with Crippen LogP contribution in [0.15, 0.2) is 41.2 Å². The Kier molecular flexibility index (Phi) is 7.13. The molecule has 0 radical (unpaired) electrons. The number of rotatable bonds is 6. The molecular formula is C24H25F2N5O5. The fourth-order valence-corrected chi connectivity index (χ4v) is 4.31. The molecule has 1 aromatic heterocycles. The maximum Gasteiger partial charge on any atom is 0.377 e. The minimum Gasteiger partial charge on any atom is -0.490 e. The third-order valence-corrected chi connectivity index (χ3v) is 5.89. The number of carbonyl (C=O) groups is 2. The van der Waals surface area contributed by atoms with Crippen molar-refractivity contribution in [2.45, 2.75) is 58.1 Å². The minimum absolute atomic E-state index is 0.135. The van der Waals surface area contributed by atoms with Crippen LogP contribution >= 0.6 is 0 Å². The number of para-hydroxylation sites is 1. The molecule has 0 bridgehead atoms. The van der Waals surface area contributed by atoms with Crippen molar-refractivity contribution in [2.24, 2.45) is 0 Å². The Hall–Kier alpha value is -4.09. The Labute approximate surface area is 204 Å². The zero-order valence-electron chi connectivity index (χ0n) is 19.7. The molecule has 36 heavy (non-hydrogen) atoms. The highest BCUT2D eigenvalue weighted by atomic mass is 19.1. The van der Waals surface area contributed by atoms with E-state index < -0.39 is 35.0 Å². The molecule has 10 nitrogen and oxygen atoms in total. The van der Waals surface area contributed by atoms with Crippen LogP contribution in [-0.4, -0.2) is 49.0 Å². The van der Waals surface area contributed by atoms with Gasteiger partial charge in [-0.3, -0.25) is 4.90 Å². The molecule has 12 heteroatoms. The topological polar surface area (TPSA) is 120 Å². The van der Waals surface area contributed by atoms with E-state index in [4.69, 9.17) is 4.74 Å². The molecule has 1 amide bonds. The molecule has 1 saturated carbocycles. The number of ether oxygens (including phenoxy) is 1. The maximum absolute atomic E-state index is 14.2. The van der Waals surface area contributed by atoms with E-state index in [9.17, 15) is 28.3 Å². The molecule has 0 unspecified atom stereocenters. The number of carboxylic acid groups (broad SMARTS) is 1. The molecule has 4 rings (SSSR count). The smallest absolute Gasteiger partial charge is 0.377 e. The van der Waals surface area contributed by atoms with Gasteiger partial charge in [-0.25, -0.2) is 23.2 Å². The average Bonchev–Trinajstić information content (AvgIpc) is 3.21. The van der Waals surface area contributed by atoms with Crippen molar-refractivity contribution >= 4 is 17.7 Å². The highest BCUT2D eigenvalue weighted by Crippen LogP contribution is 2.32. The normalized spacial score (nSPS) is 14.1. The summed E-state index contributed by atoms with van der Waals surface area (Å²) < 4.78 is 34.9. The predicted molar refractivity (Wildman–Crippen MR) is 125 cm³/mol. The van der Waals surface area contributed by atoms with Gasteiger partial charge < -0.3 is 9.84 Å². The summed E-state index contributed by atoms with van der Waals surface area (Å²) >= 11 is 0. The van der Waals surface area contributed by atoms with Crippen LogP contribution in [0.5, 0.6) is 5.75 Å². The lowest BCUT2D eigenvalue weighted by Crippen LogP contribution is -2.47. The van der Waals surface area contributed by atoms with E-state index in [0.29, 0.717) is 22.2 Å². The average molecular weight is 501 g/mol. The number of hydrogen-bond acceptors (Lipinski definition) is 6. The molecule has 1 heterocycles. The van der Waals surface area contributed by atoms with Crippen molar-refractivity contribution < 1.29 is 28.2 Å². The van der Waals surface area contributed by atoms with E-state index in [0.717, 1.165) is 37.5 Å². The molecule has 0 atom stereocenters. The lowest BCUT2D eigenvalue weighted by molar-refractivity contribution is 0.0690. The first-order chi connectivity index (χ1) is 17.2. The number of anilines is 1. The van der Waals surface area contributed by atoms with Gasteiger partial charge in [-0.15, -0.1) is 4.68 Å². The van der Waals surface area contributed by atoms with Gasteiger partial charge >= 0.3 is 17.7 Å². The molecule has 2 aromatic carbocycles. The van der Waals surface area contributed by atoms with Crippen molar-refractivity contribution in [2.75, 3.05) is 4.90 Å². The second-order valence-electron chi connectivity index (χ2n) is 8.75. The standard InChI is InChI=1S/C24H25F2N5O5/c1-14(2)36-20-12-11-16(13-17(20)22(32)33)29(15-7-4-3-5-8-15)23(34)31-24(35)30(27-28-31)21-18(25)9-6-10-19(21)26/h6,9-15H,3-5,7-8H2,1-2H3,(H,32,33). The second kappa shape index (κ2) is 10.3. The number of tetrazole rings is 1. The Morgan fingerprint density at radius 2 is 1.75 bits per heavy atom. The van der Waals surface area contributed by atoms with E-state index in [1.54, 1.807) is 13.8 Å². The summed E-state index contributed by atoms with van der Waals surface area (Å²) in [5.41, 5.74) is -1.85. The van der Waals surface area contributed by atoms with Crippen LogP contribution in [0.3, 0.4) is 0 Å². The van der Waals surface area contributed by atoms with Crippen molar-refractivity contribution in [1.82, 2.24) is 19.8 Å². The van der Waals surface area contributed by atoms with Crippen LogP contribution in [0.1, 0.15) is 56.3 Å². The largest absolute Gasteiger partial charge is 0.490 e. The lowest BCUT2D eigenvalue weighted by Gasteiger charge is -2.34. The highest BCUT2D eigenvalue weighted by molar-refractivity contribution is 5.97. The van der Waals surface area contributed by atoms with Gasteiger partial charge in [0.2, 0.25) is 0 Å². The summed E-state index contributed by atoms with van der Waals surface area (Å²) in [6.07, 6.45) is 3.58. The first kappa shape index (κ1) is 25.0. The predicted octanol–water partition coefficient (Wildman–Crippen LogP) is 4.00. The summed E-state index contributed by atoms with van der Waals surface area (Å²) in [6, 6.07) is 6.06. The van der Waals surface area contributed by atoms with Crippen LogP contribution in [0.25, 0.3) is 5.69 Å². The SMILES string of the molecule is CC(C)Oc1ccc(N(C(=O)n2nnn(-c3c(F)cccc3F)c2=O)C2CCCCC2)cc1C(=O)O. The Bertz CT molecular complexity index is 1330. The summed E-state index contributed by atoms with van der Waals surface area (Å²) in [4.78, 5) is 39.9.